The molecular weight excluding hydrogens is 609 g/mol. The largest absolute Gasteiger partial charge is 0.497 e. The highest BCUT2D eigenvalue weighted by molar-refractivity contribution is 7.92. The molecule has 43 heavy (non-hydrogen) atoms. The Hall–Kier alpha value is -3.27. The predicted octanol–water partition coefficient (Wildman–Crippen LogP) is 6.37. The minimum absolute atomic E-state index is 0.0255. The number of carbonyl (C=O) groups excluding carboxylic acids is 2. The van der Waals surface area contributed by atoms with Gasteiger partial charge in [-0.3, -0.25) is 13.9 Å². The number of amides is 2. The minimum Gasteiger partial charge on any atom is -0.497 e. The van der Waals surface area contributed by atoms with Crippen molar-refractivity contribution in [3.63, 3.8) is 0 Å². The van der Waals surface area contributed by atoms with Gasteiger partial charge >= 0.3 is 0 Å². The lowest BCUT2D eigenvalue weighted by atomic mass is 9.95. The second-order valence-corrected chi connectivity index (χ2v) is 13.4. The lowest BCUT2D eigenvalue weighted by molar-refractivity contribution is -0.139. The second kappa shape index (κ2) is 14.5. The van der Waals surface area contributed by atoms with Gasteiger partial charge in [0.25, 0.3) is 10.0 Å². The van der Waals surface area contributed by atoms with Crippen molar-refractivity contribution in [3.05, 3.63) is 87.9 Å². The first-order valence-corrected chi connectivity index (χ1v) is 16.5. The Balaban J connectivity index is 1.72. The SMILES string of the molecule is COc1cccc(N(CC(=O)N(Cc2c(Cl)cccc2Cl)[C@@H](C)C(=O)NC2CCCCC2)S(=O)(=O)c2ccc(C)cc2)c1. The number of nitrogens with one attached hydrogen (secondary N) is 1. The number of halogens is 2. The van der Waals surface area contributed by atoms with Gasteiger partial charge in [-0.15, -0.1) is 0 Å². The molecule has 4 rings (SSSR count). The van der Waals surface area contributed by atoms with Crippen molar-refractivity contribution in [1.29, 1.82) is 0 Å². The Kier molecular flexibility index (Phi) is 11.0. The van der Waals surface area contributed by atoms with E-state index in [9.17, 15) is 18.0 Å². The van der Waals surface area contributed by atoms with Gasteiger partial charge in [-0.25, -0.2) is 8.42 Å². The van der Waals surface area contributed by atoms with Crippen molar-refractivity contribution < 1.29 is 22.7 Å². The van der Waals surface area contributed by atoms with Crippen molar-refractivity contribution in [2.75, 3.05) is 18.0 Å². The fourth-order valence-electron chi connectivity index (χ4n) is 5.14. The summed E-state index contributed by atoms with van der Waals surface area (Å²) in [5.41, 5.74) is 1.60. The topological polar surface area (TPSA) is 96.0 Å². The zero-order chi connectivity index (χ0) is 31.1. The van der Waals surface area contributed by atoms with Gasteiger partial charge in [0, 0.05) is 34.3 Å². The van der Waals surface area contributed by atoms with Crippen molar-refractivity contribution in [1.82, 2.24) is 10.2 Å². The Morgan fingerprint density at radius 3 is 2.23 bits per heavy atom. The molecular formula is C32H37Cl2N3O5S. The summed E-state index contributed by atoms with van der Waals surface area (Å²) in [5, 5.41) is 3.75. The molecule has 2 amide bonds. The molecule has 0 saturated heterocycles. The van der Waals surface area contributed by atoms with E-state index in [0.29, 0.717) is 21.4 Å². The number of methoxy groups -OCH3 is 1. The number of ether oxygens (including phenoxy) is 1. The van der Waals surface area contributed by atoms with Crippen LogP contribution in [-0.4, -0.2) is 50.9 Å². The zero-order valence-electron chi connectivity index (χ0n) is 24.6. The molecule has 1 aliphatic carbocycles. The van der Waals surface area contributed by atoms with Crippen molar-refractivity contribution in [3.8, 4) is 5.75 Å². The van der Waals surface area contributed by atoms with Gasteiger partial charge in [0.05, 0.1) is 17.7 Å². The van der Waals surface area contributed by atoms with Gasteiger partial charge in [0.2, 0.25) is 11.8 Å². The second-order valence-electron chi connectivity index (χ2n) is 10.8. The van der Waals surface area contributed by atoms with Crippen LogP contribution < -0.4 is 14.4 Å². The number of benzene rings is 3. The first-order chi connectivity index (χ1) is 20.5. The number of nitrogens with zero attached hydrogens (tertiary/aromatic N) is 2. The van der Waals surface area contributed by atoms with Crippen LogP contribution in [0, 0.1) is 6.92 Å². The van der Waals surface area contributed by atoms with Crippen LogP contribution in [0.4, 0.5) is 5.69 Å². The number of hydrogen-bond acceptors (Lipinski definition) is 5. The first kappa shape index (κ1) is 32.6. The maximum atomic E-state index is 14.2. The highest BCUT2D eigenvalue weighted by Crippen LogP contribution is 2.30. The van der Waals surface area contributed by atoms with Crippen molar-refractivity contribution in [2.24, 2.45) is 0 Å². The summed E-state index contributed by atoms with van der Waals surface area (Å²) < 4.78 is 34.4. The third-order valence-electron chi connectivity index (χ3n) is 7.74. The molecule has 1 aliphatic rings. The summed E-state index contributed by atoms with van der Waals surface area (Å²) in [6.07, 6.45) is 4.95. The summed E-state index contributed by atoms with van der Waals surface area (Å²) in [7, 11) is -2.73. The van der Waals surface area contributed by atoms with E-state index in [1.165, 1.54) is 24.1 Å². The molecule has 0 aliphatic heterocycles. The van der Waals surface area contributed by atoms with Crippen LogP contribution in [0.5, 0.6) is 5.75 Å². The maximum absolute atomic E-state index is 14.2. The molecule has 3 aromatic carbocycles. The zero-order valence-corrected chi connectivity index (χ0v) is 26.9. The minimum atomic E-state index is -4.20. The highest BCUT2D eigenvalue weighted by atomic mass is 35.5. The molecule has 1 fully saturated rings. The molecule has 0 bridgehead atoms. The number of sulfonamides is 1. The molecule has 1 N–H and O–H groups in total. The number of aryl methyl sites for hydroxylation is 1. The molecule has 1 atom stereocenters. The van der Waals surface area contributed by atoms with E-state index >= 15 is 0 Å². The molecule has 230 valence electrons. The molecule has 0 aromatic heterocycles. The molecule has 0 heterocycles. The first-order valence-electron chi connectivity index (χ1n) is 14.3. The quantitative estimate of drug-likeness (QED) is 0.261. The fourth-order valence-corrected chi connectivity index (χ4v) is 7.06. The van der Waals surface area contributed by atoms with Gasteiger partial charge in [-0.1, -0.05) is 72.3 Å². The van der Waals surface area contributed by atoms with Gasteiger partial charge < -0.3 is 15.0 Å². The van der Waals surface area contributed by atoms with Crippen LogP contribution in [0.1, 0.15) is 50.2 Å². The maximum Gasteiger partial charge on any atom is 0.264 e. The summed E-state index contributed by atoms with van der Waals surface area (Å²) in [4.78, 5) is 29.1. The van der Waals surface area contributed by atoms with Gasteiger partial charge in [0.15, 0.2) is 0 Å². The van der Waals surface area contributed by atoms with Crippen LogP contribution in [0.25, 0.3) is 0 Å². The molecule has 11 heteroatoms. The van der Waals surface area contributed by atoms with E-state index in [2.05, 4.69) is 5.32 Å². The van der Waals surface area contributed by atoms with E-state index in [4.69, 9.17) is 27.9 Å². The van der Waals surface area contributed by atoms with Crippen molar-refractivity contribution in [2.45, 2.75) is 69.5 Å². The third-order valence-corrected chi connectivity index (χ3v) is 10.2. The molecule has 8 nitrogen and oxygen atoms in total. The average Bonchev–Trinajstić information content (AvgIpc) is 3.00. The van der Waals surface area contributed by atoms with Crippen LogP contribution in [0.3, 0.4) is 0 Å². The molecule has 0 spiro atoms. The average molecular weight is 647 g/mol. The Labute approximate surface area is 264 Å². The van der Waals surface area contributed by atoms with Gasteiger partial charge in [0.1, 0.15) is 18.3 Å². The standard InChI is InChI=1S/C32H37Cl2N3O5S/c1-22-15-17-27(18-16-22)43(40,41)37(25-11-7-12-26(19-25)42-3)21-31(38)36(20-28-29(33)13-8-14-30(28)34)23(2)32(39)35-24-9-5-4-6-10-24/h7-8,11-19,23-24H,4-6,9-10,20-21H2,1-3H3,(H,35,39)/t23-/m0/s1. The number of hydrogen-bond donors (Lipinski definition) is 1. The van der Waals surface area contributed by atoms with E-state index < -0.39 is 28.5 Å². The molecule has 0 unspecified atom stereocenters. The lowest BCUT2D eigenvalue weighted by Crippen LogP contribution is -2.53. The van der Waals surface area contributed by atoms with Crippen molar-refractivity contribution >= 4 is 50.7 Å². The molecule has 0 radical (unpaired) electrons. The fraction of sp³-hybridized carbons (Fsp3) is 0.375. The molecule has 3 aromatic rings. The number of carbonyl (C=O) groups is 2. The number of rotatable bonds is 11. The monoisotopic (exact) mass is 645 g/mol. The van der Waals surface area contributed by atoms with Gasteiger partial charge in [-0.2, -0.15) is 0 Å². The van der Waals surface area contributed by atoms with Crippen LogP contribution in [-0.2, 0) is 26.2 Å². The molecule has 1 saturated carbocycles. The highest BCUT2D eigenvalue weighted by Gasteiger charge is 2.34. The Morgan fingerprint density at radius 1 is 0.977 bits per heavy atom. The van der Waals surface area contributed by atoms with E-state index in [1.807, 2.05) is 6.92 Å². The van der Waals surface area contributed by atoms with Crippen LogP contribution >= 0.6 is 23.2 Å². The smallest absolute Gasteiger partial charge is 0.264 e. The summed E-state index contributed by atoms with van der Waals surface area (Å²) in [5.74, 6) is -0.493. The summed E-state index contributed by atoms with van der Waals surface area (Å²) in [6, 6.07) is 17.0. The van der Waals surface area contributed by atoms with E-state index in [-0.39, 0.29) is 29.1 Å². The van der Waals surface area contributed by atoms with E-state index in [1.54, 1.807) is 61.5 Å². The predicted molar refractivity (Wildman–Crippen MR) is 170 cm³/mol. The van der Waals surface area contributed by atoms with Gasteiger partial charge in [-0.05, 0) is 63.1 Å². The van der Waals surface area contributed by atoms with Crippen LogP contribution in [0.15, 0.2) is 71.6 Å². The normalized spacial score (nSPS) is 14.5. The van der Waals surface area contributed by atoms with E-state index in [0.717, 1.165) is 42.0 Å². The summed E-state index contributed by atoms with van der Waals surface area (Å²) >= 11 is 13.0. The Morgan fingerprint density at radius 2 is 1.60 bits per heavy atom. The third kappa shape index (κ3) is 8.02. The number of anilines is 1. The summed E-state index contributed by atoms with van der Waals surface area (Å²) in [6.45, 7) is 2.82. The lowest BCUT2D eigenvalue weighted by Gasteiger charge is -2.33. The Bertz CT molecular complexity index is 1520. The van der Waals surface area contributed by atoms with Crippen LogP contribution in [0.2, 0.25) is 10.0 Å².